The van der Waals surface area contributed by atoms with E-state index in [1.165, 1.54) is 17.2 Å². The van der Waals surface area contributed by atoms with Gasteiger partial charge < -0.3 is 61.1 Å². The fourth-order valence-electron chi connectivity index (χ4n) is 2.99. The average Bonchev–Trinajstić information content (AvgIpc) is 3.37. The Morgan fingerprint density at radius 2 is 1.60 bits per heavy atom. The van der Waals surface area contributed by atoms with Crippen LogP contribution in [-0.4, -0.2) is 133 Å². The smallest absolute Gasteiger partial charge is 0.394 e. The Morgan fingerprint density at radius 3 is 2.11 bits per heavy atom. The second-order valence-electron chi connectivity index (χ2n) is 7.40. The van der Waals surface area contributed by atoms with Crippen LogP contribution in [0.4, 0.5) is 5.82 Å². The summed E-state index contributed by atoms with van der Waals surface area (Å²) in [7, 11) is -4.72. The molecule has 0 unspecified atom stereocenters. The van der Waals surface area contributed by atoms with Gasteiger partial charge in [0.2, 0.25) is 0 Å². The van der Waals surface area contributed by atoms with Crippen LogP contribution in [0, 0.1) is 0 Å². The summed E-state index contributed by atoms with van der Waals surface area (Å²) in [5, 5.41) is 72.2. The standard InChI is InChI=1S/C10H14N5O7P.C6H14O6/c11-8-5-9(13-2-12-8)15(3-14-5)10-7(17)6(16)4(22-10)1-21-23(18,19)20;7-1-3(9)5(11)6(12)4(10)2-8/h2-4,6-7,10,16-17H,1H2,(H2,11,12,13)(H2,18,19,20);3-12H,1-2H2/t4-,6-,7-,10-;3-,4-,5-,6-/m11/s1. The third-order valence-corrected chi connectivity index (χ3v) is 5.40. The highest BCUT2D eigenvalue weighted by atomic mass is 31.2. The molecule has 3 heterocycles. The Morgan fingerprint density at radius 1 is 1.03 bits per heavy atom. The van der Waals surface area contributed by atoms with Gasteiger partial charge in [0.1, 0.15) is 54.6 Å². The number of rotatable bonds is 9. The lowest BCUT2D eigenvalue weighted by Gasteiger charge is -2.24. The maximum Gasteiger partial charge on any atom is 0.469 e. The summed E-state index contributed by atoms with van der Waals surface area (Å²) < 4.78 is 21.8. The quantitative estimate of drug-likeness (QED) is 0.135. The minimum atomic E-state index is -4.72. The zero-order chi connectivity index (χ0) is 26.5. The highest BCUT2D eigenvalue weighted by molar-refractivity contribution is 7.46. The van der Waals surface area contributed by atoms with E-state index in [1.807, 2.05) is 0 Å². The first-order valence-electron chi connectivity index (χ1n) is 9.91. The largest absolute Gasteiger partial charge is 0.469 e. The molecule has 18 nitrogen and oxygen atoms in total. The molecule has 0 bridgehead atoms. The predicted molar refractivity (Wildman–Crippen MR) is 112 cm³/mol. The van der Waals surface area contributed by atoms with E-state index in [0.29, 0.717) is 5.52 Å². The van der Waals surface area contributed by atoms with Crippen molar-refractivity contribution in [3.05, 3.63) is 12.7 Å². The number of aliphatic hydroxyl groups is 8. The van der Waals surface area contributed by atoms with E-state index >= 15 is 0 Å². The van der Waals surface area contributed by atoms with E-state index in [-0.39, 0.29) is 11.5 Å². The number of hydrogen-bond donors (Lipinski definition) is 11. The lowest BCUT2D eigenvalue weighted by molar-refractivity contribution is -0.123. The predicted octanol–water partition coefficient (Wildman–Crippen LogP) is -5.45. The molecule has 1 saturated heterocycles. The first kappa shape index (κ1) is 29.3. The third-order valence-electron chi connectivity index (χ3n) is 4.92. The van der Waals surface area contributed by atoms with Crippen LogP contribution in [-0.2, 0) is 13.8 Å². The van der Waals surface area contributed by atoms with Gasteiger partial charge in [-0.1, -0.05) is 0 Å². The minimum absolute atomic E-state index is 0.142. The number of phosphoric ester groups is 1. The molecule has 2 aromatic heterocycles. The molecular formula is C16H28N5O13P. The second kappa shape index (κ2) is 12.4. The van der Waals surface area contributed by atoms with Crippen molar-refractivity contribution in [2.24, 2.45) is 0 Å². The van der Waals surface area contributed by atoms with Gasteiger partial charge in [-0.25, -0.2) is 19.5 Å². The molecule has 35 heavy (non-hydrogen) atoms. The zero-order valence-corrected chi connectivity index (χ0v) is 18.8. The summed E-state index contributed by atoms with van der Waals surface area (Å²) in [4.78, 5) is 29.2. The van der Waals surface area contributed by atoms with Gasteiger partial charge in [0.15, 0.2) is 17.7 Å². The number of hydrogen-bond acceptors (Lipinski definition) is 15. The highest BCUT2D eigenvalue weighted by Crippen LogP contribution is 2.38. The van der Waals surface area contributed by atoms with Gasteiger partial charge in [0.25, 0.3) is 0 Å². The number of phosphoric acid groups is 1. The molecule has 1 aliphatic rings. The number of fused-ring (bicyclic) bond motifs is 1. The van der Waals surface area contributed by atoms with Crippen LogP contribution in [0.25, 0.3) is 11.2 Å². The van der Waals surface area contributed by atoms with Crippen LogP contribution in [0.1, 0.15) is 6.23 Å². The number of imidazole rings is 1. The molecule has 0 radical (unpaired) electrons. The van der Waals surface area contributed by atoms with Crippen LogP contribution >= 0.6 is 7.82 Å². The van der Waals surface area contributed by atoms with Crippen molar-refractivity contribution in [3.63, 3.8) is 0 Å². The molecule has 0 aliphatic carbocycles. The topological polar surface area (TPSA) is 307 Å². The van der Waals surface area contributed by atoms with E-state index in [4.69, 9.17) is 50.9 Å². The van der Waals surface area contributed by atoms with Crippen molar-refractivity contribution in [2.75, 3.05) is 25.6 Å². The molecule has 0 amide bonds. The van der Waals surface area contributed by atoms with Crippen LogP contribution in [0.3, 0.4) is 0 Å². The summed E-state index contributed by atoms with van der Waals surface area (Å²) in [5.74, 6) is 0.142. The van der Waals surface area contributed by atoms with E-state index in [1.54, 1.807) is 0 Å². The summed E-state index contributed by atoms with van der Waals surface area (Å²) in [6.45, 7) is -2.05. The molecule has 12 N–H and O–H groups in total. The van der Waals surface area contributed by atoms with Crippen molar-refractivity contribution < 1.29 is 64.5 Å². The summed E-state index contributed by atoms with van der Waals surface area (Å²) >= 11 is 0. The molecule has 8 atom stereocenters. The van der Waals surface area contributed by atoms with Gasteiger partial charge in [-0.15, -0.1) is 0 Å². The van der Waals surface area contributed by atoms with Crippen molar-refractivity contribution in [1.82, 2.24) is 19.5 Å². The summed E-state index contributed by atoms with van der Waals surface area (Å²) in [6, 6.07) is 0. The number of nitrogens with zero attached hydrogens (tertiary/aromatic N) is 4. The van der Waals surface area contributed by atoms with Crippen molar-refractivity contribution in [3.8, 4) is 0 Å². The highest BCUT2D eigenvalue weighted by Gasteiger charge is 2.45. The lowest BCUT2D eigenvalue weighted by atomic mass is 10.0. The molecule has 0 saturated carbocycles. The molecule has 0 aromatic carbocycles. The molecular weight excluding hydrogens is 501 g/mol. The Kier molecular flexibility index (Phi) is 10.4. The Hall–Kier alpha value is -1.90. The van der Waals surface area contributed by atoms with Crippen molar-refractivity contribution >= 4 is 24.8 Å². The number of nitrogens with two attached hydrogens (primary N) is 1. The van der Waals surface area contributed by atoms with Gasteiger partial charge in [0.05, 0.1) is 26.1 Å². The van der Waals surface area contributed by atoms with E-state index in [2.05, 4.69) is 19.5 Å². The molecule has 0 spiro atoms. The van der Waals surface area contributed by atoms with Crippen LogP contribution in [0.2, 0.25) is 0 Å². The maximum absolute atomic E-state index is 10.7. The Balaban J connectivity index is 0.000000307. The van der Waals surface area contributed by atoms with Gasteiger partial charge in [-0.2, -0.15) is 0 Å². The summed E-state index contributed by atoms with van der Waals surface area (Å²) in [6.07, 6.45) is -8.88. The number of nitrogen functional groups attached to an aromatic ring is 1. The van der Waals surface area contributed by atoms with E-state index in [0.717, 1.165) is 0 Å². The first-order valence-corrected chi connectivity index (χ1v) is 11.4. The van der Waals surface area contributed by atoms with Crippen molar-refractivity contribution in [2.45, 2.75) is 49.0 Å². The fraction of sp³-hybridized carbons (Fsp3) is 0.688. The fourth-order valence-corrected chi connectivity index (χ4v) is 3.34. The van der Waals surface area contributed by atoms with Gasteiger partial charge in [-0.05, 0) is 0 Å². The van der Waals surface area contributed by atoms with Crippen LogP contribution < -0.4 is 5.73 Å². The number of ether oxygens (including phenoxy) is 1. The average molecular weight is 529 g/mol. The van der Waals surface area contributed by atoms with Crippen LogP contribution in [0.15, 0.2) is 12.7 Å². The van der Waals surface area contributed by atoms with Gasteiger partial charge in [0, 0.05) is 0 Å². The Bertz CT molecular complexity index is 978. The summed E-state index contributed by atoms with van der Waals surface area (Å²) in [5.41, 5.74) is 6.25. The number of aliphatic hydroxyl groups excluding tert-OH is 8. The monoisotopic (exact) mass is 529 g/mol. The normalized spacial score (nSPS) is 26.1. The lowest BCUT2D eigenvalue weighted by Crippen LogP contribution is -2.46. The van der Waals surface area contributed by atoms with Crippen LogP contribution in [0.5, 0.6) is 0 Å². The van der Waals surface area contributed by atoms with E-state index in [9.17, 15) is 14.8 Å². The van der Waals surface area contributed by atoms with E-state index < -0.39 is 76.6 Å². The van der Waals surface area contributed by atoms with Gasteiger partial charge in [-0.3, -0.25) is 9.09 Å². The molecule has 1 fully saturated rings. The molecule has 19 heteroatoms. The Labute approximate surface area is 196 Å². The molecule has 3 rings (SSSR count). The number of anilines is 1. The maximum atomic E-state index is 10.7. The minimum Gasteiger partial charge on any atom is -0.394 e. The SMILES string of the molecule is Nc1ncnc2c1ncn2[C@@H]1O[C@H](COP(=O)(O)O)[C@@H](O)[C@H]1O.OC[C@@H](O)[C@@H](O)[C@H](O)[C@H](O)CO. The molecule has 2 aromatic rings. The molecule has 200 valence electrons. The third kappa shape index (κ3) is 7.30. The zero-order valence-electron chi connectivity index (χ0n) is 17.9. The van der Waals surface area contributed by atoms with Gasteiger partial charge >= 0.3 is 7.82 Å². The first-order chi connectivity index (χ1) is 16.3. The second-order valence-corrected chi connectivity index (χ2v) is 8.64. The van der Waals surface area contributed by atoms with Crippen molar-refractivity contribution in [1.29, 1.82) is 0 Å². The molecule has 1 aliphatic heterocycles. The number of aromatic nitrogens is 4.